The molecule has 0 saturated carbocycles. The number of hydrogen-bond donors (Lipinski definition) is 0. The van der Waals surface area contributed by atoms with Gasteiger partial charge in [-0.1, -0.05) is 18.2 Å². The molecule has 2 aromatic rings. The second kappa shape index (κ2) is 5.28. The van der Waals surface area contributed by atoms with Gasteiger partial charge in [-0.25, -0.2) is 9.97 Å². The van der Waals surface area contributed by atoms with Crippen LogP contribution in [0.1, 0.15) is 5.82 Å². The summed E-state index contributed by atoms with van der Waals surface area (Å²) < 4.78 is 0.913. The molecule has 2 nitrogen and oxygen atoms in total. The van der Waals surface area contributed by atoms with Gasteiger partial charge in [0.15, 0.2) is 0 Å². The normalized spacial score (nSPS) is 10.2. The van der Waals surface area contributed by atoms with Crippen LogP contribution in [0, 0.1) is 0 Å². The fraction of sp³-hybridized carbons (Fsp3) is 0.0909. The van der Waals surface area contributed by atoms with Crippen LogP contribution in [0.15, 0.2) is 52.1 Å². The Morgan fingerprint density at radius 3 is 2.40 bits per heavy atom. The first-order chi connectivity index (χ1) is 7.34. The highest BCUT2D eigenvalue weighted by molar-refractivity contribution is 9.10. The van der Waals surface area contributed by atoms with Crippen molar-refractivity contribution >= 4 is 27.7 Å². The molecule has 0 radical (unpaired) electrons. The summed E-state index contributed by atoms with van der Waals surface area (Å²) in [5.41, 5.74) is 0. The molecule has 0 aliphatic heterocycles. The van der Waals surface area contributed by atoms with Crippen LogP contribution in [-0.4, -0.2) is 9.97 Å². The van der Waals surface area contributed by atoms with Gasteiger partial charge in [0.1, 0.15) is 5.82 Å². The second-order valence-electron chi connectivity index (χ2n) is 2.92. The molecule has 1 aromatic heterocycles. The minimum Gasteiger partial charge on any atom is -0.239 e. The molecule has 0 saturated heterocycles. The highest BCUT2D eigenvalue weighted by Crippen LogP contribution is 2.20. The Kier molecular flexibility index (Phi) is 3.75. The molecular formula is C11H9BrN2S. The van der Waals surface area contributed by atoms with Crippen LogP contribution in [0.3, 0.4) is 0 Å². The van der Waals surface area contributed by atoms with E-state index in [0.717, 1.165) is 16.0 Å². The van der Waals surface area contributed by atoms with E-state index >= 15 is 0 Å². The van der Waals surface area contributed by atoms with E-state index < -0.39 is 0 Å². The summed E-state index contributed by atoms with van der Waals surface area (Å²) in [6, 6.07) is 10.3. The zero-order chi connectivity index (χ0) is 10.5. The van der Waals surface area contributed by atoms with E-state index in [9.17, 15) is 0 Å². The highest BCUT2D eigenvalue weighted by atomic mass is 79.9. The van der Waals surface area contributed by atoms with Crippen LogP contribution >= 0.6 is 27.7 Å². The predicted molar refractivity (Wildman–Crippen MR) is 65.7 cm³/mol. The van der Waals surface area contributed by atoms with Crippen molar-refractivity contribution < 1.29 is 0 Å². The Morgan fingerprint density at radius 1 is 1.07 bits per heavy atom. The van der Waals surface area contributed by atoms with Gasteiger partial charge in [0.05, 0.1) is 10.2 Å². The van der Waals surface area contributed by atoms with Crippen molar-refractivity contribution in [1.82, 2.24) is 9.97 Å². The summed E-state index contributed by atoms with van der Waals surface area (Å²) in [7, 11) is 0. The van der Waals surface area contributed by atoms with Crippen molar-refractivity contribution in [1.29, 1.82) is 0 Å². The fourth-order valence-electron chi connectivity index (χ4n) is 1.08. The first kappa shape index (κ1) is 10.6. The Morgan fingerprint density at radius 2 is 1.73 bits per heavy atom. The number of nitrogens with zero attached hydrogens (tertiary/aromatic N) is 2. The number of thioether (sulfide) groups is 1. The summed E-state index contributed by atoms with van der Waals surface area (Å²) >= 11 is 5.05. The zero-order valence-corrected chi connectivity index (χ0v) is 10.3. The molecule has 0 unspecified atom stereocenters. The Bertz CT molecular complexity index is 416. The second-order valence-corrected chi connectivity index (χ2v) is 4.88. The summed E-state index contributed by atoms with van der Waals surface area (Å²) in [4.78, 5) is 9.67. The van der Waals surface area contributed by atoms with E-state index in [0.29, 0.717) is 0 Å². The lowest BCUT2D eigenvalue weighted by Crippen LogP contribution is -1.90. The maximum Gasteiger partial charge on any atom is 0.138 e. The molecule has 76 valence electrons. The maximum atomic E-state index is 4.21. The lowest BCUT2D eigenvalue weighted by molar-refractivity contribution is 1.02. The van der Waals surface area contributed by atoms with Crippen molar-refractivity contribution in [3.05, 3.63) is 53.0 Å². The third-order valence-corrected chi connectivity index (χ3v) is 3.20. The van der Waals surface area contributed by atoms with E-state index in [1.54, 1.807) is 24.2 Å². The number of benzene rings is 1. The van der Waals surface area contributed by atoms with Gasteiger partial charge in [0, 0.05) is 17.3 Å². The number of rotatable bonds is 3. The van der Waals surface area contributed by atoms with E-state index in [-0.39, 0.29) is 0 Å². The molecule has 1 heterocycles. The average molecular weight is 281 g/mol. The standard InChI is InChI=1S/C11H9BrN2S/c12-9-6-13-11(14-7-9)8-15-10-4-2-1-3-5-10/h1-7H,8H2. The number of aromatic nitrogens is 2. The van der Waals surface area contributed by atoms with Gasteiger partial charge in [-0.15, -0.1) is 11.8 Å². The minimum absolute atomic E-state index is 0.803. The van der Waals surface area contributed by atoms with Gasteiger partial charge >= 0.3 is 0 Å². The first-order valence-electron chi connectivity index (χ1n) is 4.49. The van der Waals surface area contributed by atoms with Gasteiger partial charge in [0.2, 0.25) is 0 Å². The third-order valence-electron chi connectivity index (χ3n) is 1.78. The van der Waals surface area contributed by atoms with Crippen LogP contribution in [0.25, 0.3) is 0 Å². The lowest BCUT2D eigenvalue weighted by atomic mass is 10.4. The summed E-state index contributed by atoms with van der Waals surface area (Å²) in [6.45, 7) is 0. The van der Waals surface area contributed by atoms with Gasteiger partial charge in [0.25, 0.3) is 0 Å². The molecule has 1 aromatic carbocycles. The fourth-order valence-corrected chi connectivity index (χ4v) is 2.08. The molecule has 15 heavy (non-hydrogen) atoms. The quantitative estimate of drug-likeness (QED) is 0.805. The van der Waals surface area contributed by atoms with E-state index in [1.165, 1.54) is 4.90 Å². The van der Waals surface area contributed by atoms with Crippen molar-refractivity contribution in [2.24, 2.45) is 0 Å². The van der Waals surface area contributed by atoms with Crippen molar-refractivity contribution in [3.63, 3.8) is 0 Å². The minimum atomic E-state index is 0.803. The molecule has 2 rings (SSSR count). The average Bonchev–Trinajstić information content (AvgIpc) is 2.30. The molecule has 0 aliphatic carbocycles. The topological polar surface area (TPSA) is 25.8 Å². The van der Waals surface area contributed by atoms with E-state index in [1.807, 2.05) is 18.2 Å². The third kappa shape index (κ3) is 3.32. The Labute approximate surface area is 101 Å². The first-order valence-corrected chi connectivity index (χ1v) is 6.27. The van der Waals surface area contributed by atoms with E-state index in [2.05, 4.69) is 38.0 Å². The molecule has 0 atom stereocenters. The van der Waals surface area contributed by atoms with Crippen LogP contribution in [-0.2, 0) is 5.75 Å². The summed E-state index contributed by atoms with van der Waals surface area (Å²) in [5.74, 6) is 1.66. The van der Waals surface area contributed by atoms with Crippen LogP contribution < -0.4 is 0 Å². The lowest BCUT2D eigenvalue weighted by Gasteiger charge is -2.00. The summed E-state index contributed by atoms with van der Waals surface area (Å²) in [5, 5.41) is 0. The van der Waals surface area contributed by atoms with Gasteiger partial charge < -0.3 is 0 Å². The smallest absolute Gasteiger partial charge is 0.138 e. The number of hydrogen-bond acceptors (Lipinski definition) is 3. The van der Waals surface area contributed by atoms with Crippen molar-refractivity contribution in [2.75, 3.05) is 0 Å². The molecule has 0 bridgehead atoms. The van der Waals surface area contributed by atoms with Gasteiger partial charge in [-0.3, -0.25) is 0 Å². The van der Waals surface area contributed by atoms with Gasteiger partial charge in [-0.05, 0) is 28.1 Å². The van der Waals surface area contributed by atoms with Gasteiger partial charge in [-0.2, -0.15) is 0 Å². The van der Waals surface area contributed by atoms with E-state index in [4.69, 9.17) is 0 Å². The largest absolute Gasteiger partial charge is 0.239 e. The monoisotopic (exact) mass is 280 g/mol. The predicted octanol–water partition coefficient (Wildman–Crippen LogP) is 3.53. The molecule has 0 amide bonds. The Balaban J connectivity index is 1.96. The summed E-state index contributed by atoms with van der Waals surface area (Å²) in [6.07, 6.45) is 3.54. The molecular weight excluding hydrogens is 272 g/mol. The van der Waals surface area contributed by atoms with Crippen LogP contribution in [0.5, 0.6) is 0 Å². The molecule has 0 N–H and O–H groups in total. The SMILES string of the molecule is Brc1cnc(CSc2ccccc2)nc1. The maximum absolute atomic E-state index is 4.21. The highest BCUT2D eigenvalue weighted by Gasteiger charge is 1.98. The Hall–Kier alpha value is -0.870. The van der Waals surface area contributed by atoms with Crippen LogP contribution in [0.4, 0.5) is 0 Å². The molecule has 4 heteroatoms. The number of halogens is 1. The van der Waals surface area contributed by atoms with Crippen molar-refractivity contribution in [3.8, 4) is 0 Å². The molecule has 0 aliphatic rings. The zero-order valence-electron chi connectivity index (χ0n) is 7.93. The van der Waals surface area contributed by atoms with Crippen LogP contribution in [0.2, 0.25) is 0 Å². The molecule has 0 spiro atoms. The van der Waals surface area contributed by atoms with Crippen molar-refractivity contribution in [2.45, 2.75) is 10.6 Å². The molecule has 0 fully saturated rings.